The van der Waals surface area contributed by atoms with Crippen molar-refractivity contribution in [2.24, 2.45) is 0 Å². The van der Waals surface area contributed by atoms with E-state index in [9.17, 15) is 0 Å². The quantitative estimate of drug-likeness (QED) is 0.591. The fraction of sp³-hybridized carbons (Fsp3) is 0.520. The first-order chi connectivity index (χ1) is 11.5. The third kappa shape index (κ3) is 5.21. The molecule has 0 aromatic heterocycles. The second-order valence-corrected chi connectivity index (χ2v) is 9.24. The van der Waals surface area contributed by atoms with E-state index in [2.05, 4.69) is 91.8 Å². The Balaban J connectivity index is 2.45. The zero-order valence-corrected chi connectivity index (χ0v) is 17.4. The summed E-state index contributed by atoms with van der Waals surface area (Å²) in [4.78, 5) is 0. The van der Waals surface area contributed by atoms with Gasteiger partial charge in [-0.1, -0.05) is 79.7 Å². The molecule has 134 valence electrons. The lowest BCUT2D eigenvalue weighted by Gasteiger charge is -2.22. The van der Waals surface area contributed by atoms with Crippen LogP contribution >= 0.6 is 0 Å². The fourth-order valence-corrected chi connectivity index (χ4v) is 3.00. The maximum Gasteiger partial charge on any atom is -0.00130 e. The summed E-state index contributed by atoms with van der Waals surface area (Å²) in [5, 5.41) is 0. The Hall–Kier alpha value is -1.56. The smallest absolute Gasteiger partial charge is 0.00130 e. The summed E-state index contributed by atoms with van der Waals surface area (Å²) >= 11 is 0. The second-order valence-electron chi connectivity index (χ2n) is 9.24. The van der Waals surface area contributed by atoms with E-state index < -0.39 is 0 Å². The summed E-state index contributed by atoms with van der Waals surface area (Å²) in [6, 6.07) is 16.6. The molecule has 0 nitrogen and oxygen atoms in total. The highest BCUT2D eigenvalue weighted by molar-refractivity contribution is 5.39. The molecule has 25 heavy (non-hydrogen) atoms. The number of rotatable bonds is 4. The third-order valence-corrected chi connectivity index (χ3v) is 4.78. The van der Waals surface area contributed by atoms with Gasteiger partial charge in [0.2, 0.25) is 0 Å². The Bertz CT molecular complexity index is 657. The van der Waals surface area contributed by atoms with Crippen LogP contribution in [0, 0.1) is 12.1 Å². The average Bonchev–Trinajstić information content (AvgIpc) is 2.52. The highest BCUT2D eigenvalue weighted by atomic mass is 14.2. The van der Waals surface area contributed by atoms with Gasteiger partial charge in [0.1, 0.15) is 0 Å². The van der Waals surface area contributed by atoms with Crippen LogP contribution in [0.4, 0.5) is 0 Å². The largest absolute Gasteiger partial charge is 0.0613 e. The second kappa shape index (κ2) is 7.36. The molecular weight excluding hydrogens is 300 g/mol. The van der Waals surface area contributed by atoms with Crippen LogP contribution < -0.4 is 0 Å². The Morgan fingerprint density at radius 2 is 1.00 bits per heavy atom. The lowest BCUT2D eigenvalue weighted by Crippen LogP contribution is -2.13. The zero-order valence-electron chi connectivity index (χ0n) is 17.4. The molecule has 0 unspecified atom stereocenters. The minimum Gasteiger partial charge on any atom is -0.0613 e. The van der Waals surface area contributed by atoms with Crippen LogP contribution in [0.25, 0.3) is 0 Å². The van der Waals surface area contributed by atoms with E-state index in [1.54, 1.807) is 0 Å². The van der Waals surface area contributed by atoms with E-state index in [-0.39, 0.29) is 10.8 Å². The van der Waals surface area contributed by atoms with Crippen molar-refractivity contribution < 1.29 is 0 Å². The van der Waals surface area contributed by atoms with E-state index in [1.807, 2.05) is 0 Å². The van der Waals surface area contributed by atoms with Gasteiger partial charge in [0.25, 0.3) is 0 Å². The SMILES string of the molecule is CCc1cc(Cc2[c]c(C(C)(C)C)cc(CC)c2)[c]c(C(C)(C)C)c1. The zero-order chi connectivity index (χ0) is 18.8. The summed E-state index contributed by atoms with van der Waals surface area (Å²) in [7, 11) is 0. The molecular formula is C25H34. The molecule has 0 bridgehead atoms. The Labute approximate surface area is 155 Å². The molecule has 0 saturated heterocycles. The summed E-state index contributed by atoms with van der Waals surface area (Å²) < 4.78 is 0. The van der Waals surface area contributed by atoms with Crippen LogP contribution in [0.2, 0.25) is 0 Å². The molecule has 0 N–H and O–H groups in total. The van der Waals surface area contributed by atoms with Gasteiger partial charge in [-0.05, 0) is 75.6 Å². The topological polar surface area (TPSA) is 0 Å². The summed E-state index contributed by atoms with van der Waals surface area (Å²) in [5.74, 6) is 0. The van der Waals surface area contributed by atoms with Gasteiger partial charge in [-0.3, -0.25) is 0 Å². The summed E-state index contributed by atoms with van der Waals surface area (Å²) in [6.07, 6.45) is 3.04. The number of benzene rings is 2. The molecule has 0 saturated carbocycles. The minimum atomic E-state index is 0.130. The van der Waals surface area contributed by atoms with Gasteiger partial charge in [0.15, 0.2) is 0 Å². The predicted molar refractivity (Wildman–Crippen MR) is 110 cm³/mol. The Kier molecular flexibility index (Phi) is 5.82. The first-order valence-electron chi connectivity index (χ1n) is 9.64. The van der Waals surface area contributed by atoms with E-state index in [1.165, 1.54) is 33.4 Å². The first kappa shape index (κ1) is 19.8. The number of hydrogen-bond acceptors (Lipinski definition) is 0. The molecule has 2 radical (unpaired) electrons. The summed E-state index contributed by atoms with van der Waals surface area (Å²) in [5.41, 5.74) is 8.26. The van der Waals surface area contributed by atoms with Crippen molar-refractivity contribution in [1.29, 1.82) is 0 Å². The van der Waals surface area contributed by atoms with Crippen molar-refractivity contribution in [1.82, 2.24) is 0 Å². The lowest BCUT2D eigenvalue weighted by molar-refractivity contribution is 0.586. The number of aryl methyl sites for hydroxylation is 2. The maximum absolute atomic E-state index is 3.68. The minimum absolute atomic E-state index is 0.130. The van der Waals surface area contributed by atoms with Crippen molar-refractivity contribution in [3.05, 3.63) is 69.8 Å². The summed E-state index contributed by atoms with van der Waals surface area (Å²) in [6.45, 7) is 18.1. The first-order valence-corrected chi connectivity index (χ1v) is 9.64. The Morgan fingerprint density at radius 1 is 0.640 bits per heavy atom. The molecule has 0 amide bonds. The molecule has 0 heteroatoms. The molecule has 2 aromatic carbocycles. The van der Waals surface area contributed by atoms with Gasteiger partial charge >= 0.3 is 0 Å². The van der Waals surface area contributed by atoms with Crippen LogP contribution in [0.3, 0.4) is 0 Å². The fourth-order valence-electron chi connectivity index (χ4n) is 3.00. The molecule has 0 fully saturated rings. The van der Waals surface area contributed by atoms with Gasteiger partial charge in [0.05, 0.1) is 0 Å². The lowest BCUT2D eigenvalue weighted by atomic mass is 9.82. The van der Waals surface area contributed by atoms with Gasteiger partial charge < -0.3 is 0 Å². The van der Waals surface area contributed by atoms with Crippen LogP contribution in [0.15, 0.2) is 24.3 Å². The third-order valence-electron chi connectivity index (χ3n) is 4.78. The van der Waals surface area contributed by atoms with E-state index >= 15 is 0 Å². The number of hydrogen-bond donors (Lipinski definition) is 0. The molecule has 0 spiro atoms. The van der Waals surface area contributed by atoms with E-state index in [0.29, 0.717) is 0 Å². The van der Waals surface area contributed by atoms with Crippen LogP contribution in [-0.4, -0.2) is 0 Å². The highest BCUT2D eigenvalue weighted by Crippen LogP contribution is 2.28. The van der Waals surface area contributed by atoms with Crippen molar-refractivity contribution in [2.45, 2.75) is 85.5 Å². The van der Waals surface area contributed by atoms with Crippen LogP contribution in [-0.2, 0) is 30.1 Å². The van der Waals surface area contributed by atoms with Crippen molar-refractivity contribution in [2.75, 3.05) is 0 Å². The van der Waals surface area contributed by atoms with Crippen LogP contribution in [0.5, 0.6) is 0 Å². The van der Waals surface area contributed by atoms with E-state index in [0.717, 1.165) is 19.3 Å². The molecule has 2 rings (SSSR count). The molecule has 0 atom stereocenters. The molecule has 0 aliphatic carbocycles. The Morgan fingerprint density at radius 3 is 1.28 bits per heavy atom. The van der Waals surface area contributed by atoms with Gasteiger partial charge in [0, 0.05) is 0 Å². The predicted octanol–water partition coefficient (Wildman–Crippen LogP) is 6.60. The molecule has 0 aliphatic rings. The van der Waals surface area contributed by atoms with Gasteiger partial charge in [-0.25, -0.2) is 0 Å². The highest BCUT2D eigenvalue weighted by Gasteiger charge is 2.18. The standard InChI is InChI=1S/C25H34/c1-9-18-11-20(16-22(14-18)24(3,4)5)13-21-12-19(10-2)15-23(17-21)25(6,7)8/h11-12,14-15H,9-10,13H2,1-8H3. The van der Waals surface area contributed by atoms with Crippen molar-refractivity contribution in [3.8, 4) is 0 Å². The average molecular weight is 335 g/mol. The molecule has 2 aromatic rings. The van der Waals surface area contributed by atoms with E-state index in [4.69, 9.17) is 0 Å². The van der Waals surface area contributed by atoms with Crippen LogP contribution in [0.1, 0.15) is 88.8 Å². The normalized spacial score (nSPS) is 12.5. The van der Waals surface area contributed by atoms with Crippen molar-refractivity contribution in [3.63, 3.8) is 0 Å². The monoisotopic (exact) mass is 334 g/mol. The molecule has 0 heterocycles. The van der Waals surface area contributed by atoms with Gasteiger partial charge in [-0.2, -0.15) is 0 Å². The van der Waals surface area contributed by atoms with Gasteiger partial charge in [-0.15, -0.1) is 0 Å². The van der Waals surface area contributed by atoms with Crippen molar-refractivity contribution >= 4 is 0 Å². The maximum atomic E-state index is 3.68. The molecule has 0 aliphatic heterocycles.